The topological polar surface area (TPSA) is 37.3 Å². The molecular weight excluding hydrogens is 164 g/mol. The Balaban J connectivity index is 3.88. The highest BCUT2D eigenvalue weighted by atomic mass is 16.4. The van der Waals surface area contributed by atoms with Gasteiger partial charge in [-0.3, -0.25) is 4.79 Å². The maximum Gasteiger partial charge on any atom is 0.306 e. The molecule has 2 atom stereocenters. The fourth-order valence-electron chi connectivity index (χ4n) is 1.15. The lowest BCUT2D eigenvalue weighted by Crippen LogP contribution is -2.19. The van der Waals surface area contributed by atoms with Crippen molar-refractivity contribution in [1.82, 2.24) is 0 Å². The summed E-state index contributed by atoms with van der Waals surface area (Å²) < 4.78 is 0. The number of carboxylic acid groups (broad SMARTS) is 1. The van der Waals surface area contributed by atoms with Crippen LogP contribution in [0.3, 0.4) is 0 Å². The van der Waals surface area contributed by atoms with E-state index in [1.165, 1.54) is 0 Å². The number of rotatable bonds is 4. The quantitative estimate of drug-likeness (QED) is 0.732. The Kier molecular flexibility index (Phi) is 4.45. The molecule has 0 heterocycles. The zero-order valence-corrected chi connectivity index (χ0v) is 9.42. The molecule has 78 valence electrons. The molecule has 0 aromatic rings. The van der Waals surface area contributed by atoms with Crippen molar-refractivity contribution in [3.05, 3.63) is 0 Å². The van der Waals surface area contributed by atoms with E-state index >= 15 is 0 Å². The Morgan fingerprint density at radius 1 is 1.31 bits per heavy atom. The molecule has 0 aromatic carbocycles. The van der Waals surface area contributed by atoms with Crippen LogP contribution in [-0.2, 0) is 4.79 Å². The van der Waals surface area contributed by atoms with Gasteiger partial charge in [0.15, 0.2) is 0 Å². The van der Waals surface area contributed by atoms with E-state index in [9.17, 15) is 4.79 Å². The van der Waals surface area contributed by atoms with E-state index in [0.29, 0.717) is 5.41 Å². The second-order valence-corrected chi connectivity index (χ2v) is 5.20. The monoisotopic (exact) mass is 186 g/mol. The van der Waals surface area contributed by atoms with E-state index in [4.69, 9.17) is 5.11 Å². The van der Waals surface area contributed by atoms with Gasteiger partial charge in [-0.15, -0.1) is 0 Å². The van der Waals surface area contributed by atoms with E-state index in [1.807, 2.05) is 6.92 Å². The molecular formula is C11H22O2. The highest BCUT2D eigenvalue weighted by Gasteiger charge is 2.21. The molecule has 0 aromatic heterocycles. The fraction of sp³-hybridized carbons (Fsp3) is 0.909. The average Bonchev–Trinajstić information content (AvgIpc) is 1.97. The van der Waals surface area contributed by atoms with E-state index in [0.717, 1.165) is 12.8 Å². The van der Waals surface area contributed by atoms with Gasteiger partial charge >= 0.3 is 5.97 Å². The number of carboxylic acids is 1. The van der Waals surface area contributed by atoms with Crippen molar-refractivity contribution in [1.29, 1.82) is 0 Å². The lowest BCUT2D eigenvalue weighted by atomic mass is 9.83. The van der Waals surface area contributed by atoms with Gasteiger partial charge < -0.3 is 5.11 Å². The van der Waals surface area contributed by atoms with Gasteiger partial charge in [-0.1, -0.05) is 34.6 Å². The molecule has 2 heteroatoms. The van der Waals surface area contributed by atoms with Crippen LogP contribution in [0.4, 0.5) is 0 Å². The van der Waals surface area contributed by atoms with Crippen LogP contribution in [0.25, 0.3) is 0 Å². The maximum atomic E-state index is 10.7. The number of aliphatic carboxylic acids is 1. The molecule has 0 rings (SSSR count). The fourth-order valence-corrected chi connectivity index (χ4v) is 1.15. The van der Waals surface area contributed by atoms with E-state index in [1.54, 1.807) is 6.92 Å². The first-order chi connectivity index (χ1) is 5.74. The summed E-state index contributed by atoms with van der Waals surface area (Å²) in [5.74, 6) is -0.625. The van der Waals surface area contributed by atoms with E-state index < -0.39 is 5.97 Å². The maximum absolute atomic E-state index is 10.7. The minimum Gasteiger partial charge on any atom is -0.481 e. The van der Waals surface area contributed by atoms with Crippen LogP contribution in [0.15, 0.2) is 0 Å². The first-order valence-electron chi connectivity index (χ1n) is 4.97. The first kappa shape index (κ1) is 12.5. The minimum absolute atomic E-state index is 0.220. The summed E-state index contributed by atoms with van der Waals surface area (Å²) in [7, 11) is 0. The van der Waals surface area contributed by atoms with Crippen LogP contribution in [-0.4, -0.2) is 11.1 Å². The lowest BCUT2D eigenvalue weighted by molar-refractivity contribution is -0.142. The van der Waals surface area contributed by atoms with Crippen LogP contribution in [0.1, 0.15) is 47.5 Å². The van der Waals surface area contributed by atoms with Gasteiger partial charge in [0.05, 0.1) is 5.92 Å². The van der Waals surface area contributed by atoms with Crippen molar-refractivity contribution in [2.45, 2.75) is 47.5 Å². The van der Waals surface area contributed by atoms with Crippen molar-refractivity contribution < 1.29 is 9.90 Å². The lowest BCUT2D eigenvalue weighted by Gasteiger charge is -2.22. The summed E-state index contributed by atoms with van der Waals surface area (Å²) in [4.78, 5) is 10.7. The second-order valence-electron chi connectivity index (χ2n) is 5.20. The van der Waals surface area contributed by atoms with E-state index in [2.05, 4.69) is 20.8 Å². The molecule has 0 saturated heterocycles. The number of hydrogen-bond acceptors (Lipinski definition) is 1. The molecule has 1 N–H and O–H groups in total. The third-order valence-corrected chi connectivity index (χ3v) is 2.59. The molecule has 2 nitrogen and oxygen atoms in total. The highest BCUT2D eigenvalue weighted by molar-refractivity contribution is 5.69. The standard InChI is InChI=1S/C11H22O2/c1-8(9(2)10(12)13)6-7-11(3,4)5/h8-9H,6-7H2,1-5H3,(H,12,13). The predicted octanol–water partition coefficient (Wildman–Crippen LogP) is 3.17. The Morgan fingerprint density at radius 3 is 2.08 bits per heavy atom. The van der Waals surface area contributed by atoms with Gasteiger partial charge in [0.2, 0.25) is 0 Å². The third kappa shape index (κ3) is 5.67. The van der Waals surface area contributed by atoms with Gasteiger partial charge in [-0.2, -0.15) is 0 Å². The van der Waals surface area contributed by atoms with Crippen LogP contribution >= 0.6 is 0 Å². The van der Waals surface area contributed by atoms with Crippen molar-refractivity contribution in [3.8, 4) is 0 Å². The van der Waals surface area contributed by atoms with Crippen LogP contribution in [0, 0.1) is 17.3 Å². The summed E-state index contributed by atoms with van der Waals surface area (Å²) in [6, 6.07) is 0. The predicted molar refractivity (Wildman–Crippen MR) is 54.7 cm³/mol. The summed E-state index contributed by atoms with van der Waals surface area (Å²) >= 11 is 0. The largest absolute Gasteiger partial charge is 0.481 e. The molecule has 0 amide bonds. The Morgan fingerprint density at radius 2 is 1.77 bits per heavy atom. The molecule has 0 spiro atoms. The van der Waals surface area contributed by atoms with Crippen molar-refractivity contribution >= 4 is 5.97 Å². The summed E-state index contributed by atoms with van der Waals surface area (Å²) in [5.41, 5.74) is 0.312. The van der Waals surface area contributed by atoms with Gasteiger partial charge in [0.1, 0.15) is 0 Å². The Bertz CT molecular complexity index is 167. The van der Waals surface area contributed by atoms with Crippen molar-refractivity contribution in [2.75, 3.05) is 0 Å². The third-order valence-electron chi connectivity index (χ3n) is 2.59. The molecule has 0 saturated carbocycles. The smallest absolute Gasteiger partial charge is 0.306 e. The zero-order chi connectivity index (χ0) is 10.6. The Labute approximate surface area is 81.3 Å². The minimum atomic E-state index is -0.679. The molecule has 13 heavy (non-hydrogen) atoms. The SMILES string of the molecule is CC(CCC(C)(C)C)C(C)C(=O)O. The molecule has 0 fully saturated rings. The highest BCUT2D eigenvalue weighted by Crippen LogP contribution is 2.26. The van der Waals surface area contributed by atoms with Gasteiger partial charge in [-0.05, 0) is 24.2 Å². The number of carbonyl (C=O) groups is 1. The van der Waals surface area contributed by atoms with E-state index in [-0.39, 0.29) is 11.8 Å². The molecule has 0 aliphatic carbocycles. The summed E-state index contributed by atoms with van der Waals surface area (Å²) in [5, 5.41) is 8.78. The normalized spacial score (nSPS) is 16.7. The van der Waals surface area contributed by atoms with Crippen LogP contribution in [0.5, 0.6) is 0 Å². The number of hydrogen-bond donors (Lipinski definition) is 1. The van der Waals surface area contributed by atoms with Crippen LogP contribution < -0.4 is 0 Å². The molecule has 0 aliphatic heterocycles. The van der Waals surface area contributed by atoms with Gasteiger partial charge in [-0.25, -0.2) is 0 Å². The Hall–Kier alpha value is -0.530. The van der Waals surface area contributed by atoms with Gasteiger partial charge in [0, 0.05) is 0 Å². The summed E-state index contributed by atoms with van der Waals surface area (Å²) in [6.07, 6.45) is 2.09. The van der Waals surface area contributed by atoms with Gasteiger partial charge in [0.25, 0.3) is 0 Å². The van der Waals surface area contributed by atoms with Crippen molar-refractivity contribution in [3.63, 3.8) is 0 Å². The zero-order valence-electron chi connectivity index (χ0n) is 9.42. The van der Waals surface area contributed by atoms with Crippen molar-refractivity contribution in [2.24, 2.45) is 17.3 Å². The first-order valence-corrected chi connectivity index (χ1v) is 4.97. The molecule has 0 aliphatic rings. The summed E-state index contributed by atoms with van der Waals surface area (Å²) in [6.45, 7) is 10.4. The molecule has 0 bridgehead atoms. The molecule has 2 unspecified atom stereocenters. The molecule has 0 radical (unpaired) electrons. The average molecular weight is 186 g/mol. The van der Waals surface area contributed by atoms with Crippen LogP contribution in [0.2, 0.25) is 0 Å². The second kappa shape index (κ2) is 4.64.